The quantitative estimate of drug-likeness (QED) is 0.319. The lowest BCUT2D eigenvalue weighted by Crippen LogP contribution is -2.19. The number of hydrogen-bond donors (Lipinski definition) is 1. The van der Waals surface area contributed by atoms with E-state index in [1.165, 1.54) is 11.8 Å². The highest BCUT2D eigenvalue weighted by Gasteiger charge is 2.09. The number of methoxy groups -OCH3 is 2. The lowest BCUT2D eigenvalue weighted by atomic mass is 10.2. The minimum absolute atomic E-state index is 0.202. The number of hydrogen-bond acceptors (Lipinski definition) is 7. The monoisotopic (exact) mass is 465 g/mol. The average Bonchev–Trinajstić information content (AvgIpc) is 3.10. The van der Waals surface area contributed by atoms with E-state index in [2.05, 4.69) is 31.4 Å². The molecule has 27 heavy (non-hydrogen) atoms. The van der Waals surface area contributed by atoms with Gasteiger partial charge in [0.25, 0.3) is 5.91 Å². The standard InChI is InChI=1S/C18H16BrN3O3S2/c1-24-14-7-11(12(19)8-15(14)25-2)9-20-22-17(23)10-26-18-21-13-5-3-4-6-16(13)27-18/h3-9H,10H2,1-2H3,(H,22,23)/b20-9-. The van der Waals surface area contributed by atoms with Gasteiger partial charge in [0.05, 0.1) is 36.4 Å². The van der Waals surface area contributed by atoms with Crippen LogP contribution in [0.15, 0.2) is 50.3 Å². The number of carbonyl (C=O) groups excluding carboxylic acids is 1. The van der Waals surface area contributed by atoms with Crippen molar-refractivity contribution in [3.05, 3.63) is 46.4 Å². The van der Waals surface area contributed by atoms with Gasteiger partial charge in [0.15, 0.2) is 15.8 Å². The molecule has 6 nitrogen and oxygen atoms in total. The maximum atomic E-state index is 12.0. The Morgan fingerprint density at radius 2 is 2.04 bits per heavy atom. The number of halogens is 1. The number of nitrogens with one attached hydrogen (secondary N) is 1. The van der Waals surface area contributed by atoms with Crippen LogP contribution in [0.25, 0.3) is 10.2 Å². The zero-order valence-electron chi connectivity index (χ0n) is 14.6. The molecule has 1 heterocycles. The third-order valence-electron chi connectivity index (χ3n) is 3.50. The molecule has 0 fully saturated rings. The predicted molar refractivity (Wildman–Crippen MR) is 113 cm³/mol. The Bertz CT molecular complexity index is 958. The number of benzene rings is 2. The van der Waals surface area contributed by atoms with Crippen molar-refractivity contribution in [1.29, 1.82) is 0 Å². The van der Waals surface area contributed by atoms with Crippen molar-refractivity contribution in [2.24, 2.45) is 5.10 Å². The zero-order valence-corrected chi connectivity index (χ0v) is 17.8. The van der Waals surface area contributed by atoms with E-state index in [1.807, 2.05) is 24.3 Å². The number of ether oxygens (including phenoxy) is 2. The third-order valence-corrected chi connectivity index (χ3v) is 6.36. The summed E-state index contributed by atoms with van der Waals surface area (Å²) in [4.78, 5) is 16.5. The number of carbonyl (C=O) groups is 1. The fourth-order valence-electron chi connectivity index (χ4n) is 2.22. The van der Waals surface area contributed by atoms with Crippen LogP contribution in [-0.4, -0.2) is 37.1 Å². The van der Waals surface area contributed by atoms with Crippen molar-refractivity contribution in [2.45, 2.75) is 4.34 Å². The average molecular weight is 466 g/mol. The molecule has 9 heteroatoms. The van der Waals surface area contributed by atoms with Crippen LogP contribution >= 0.6 is 39.0 Å². The topological polar surface area (TPSA) is 72.8 Å². The molecule has 0 bridgehead atoms. The van der Waals surface area contributed by atoms with Gasteiger partial charge < -0.3 is 9.47 Å². The van der Waals surface area contributed by atoms with Crippen LogP contribution < -0.4 is 14.9 Å². The van der Waals surface area contributed by atoms with Crippen molar-refractivity contribution < 1.29 is 14.3 Å². The van der Waals surface area contributed by atoms with E-state index in [1.54, 1.807) is 43.9 Å². The van der Waals surface area contributed by atoms with Gasteiger partial charge in [0, 0.05) is 10.0 Å². The Morgan fingerprint density at radius 1 is 1.30 bits per heavy atom. The second kappa shape index (κ2) is 9.20. The van der Waals surface area contributed by atoms with Gasteiger partial charge in [0.2, 0.25) is 0 Å². The summed E-state index contributed by atoms with van der Waals surface area (Å²) in [5, 5.41) is 4.01. The minimum Gasteiger partial charge on any atom is -0.493 e. The van der Waals surface area contributed by atoms with Gasteiger partial charge in [-0.05, 0) is 40.2 Å². The maximum Gasteiger partial charge on any atom is 0.250 e. The number of para-hydroxylation sites is 1. The summed E-state index contributed by atoms with van der Waals surface area (Å²) in [5.41, 5.74) is 4.22. The summed E-state index contributed by atoms with van der Waals surface area (Å²) in [7, 11) is 3.13. The van der Waals surface area contributed by atoms with Crippen LogP contribution in [-0.2, 0) is 4.79 Å². The second-order valence-corrected chi connectivity index (χ2v) is 8.37. The molecule has 0 spiro atoms. The highest BCUT2D eigenvalue weighted by atomic mass is 79.9. The zero-order chi connectivity index (χ0) is 19.2. The van der Waals surface area contributed by atoms with E-state index in [0.29, 0.717) is 11.5 Å². The van der Waals surface area contributed by atoms with Gasteiger partial charge in [-0.2, -0.15) is 5.10 Å². The molecule has 1 N–H and O–H groups in total. The number of thioether (sulfide) groups is 1. The van der Waals surface area contributed by atoms with Crippen molar-refractivity contribution in [2.75, 3.05) is 20.0 Å². The summed E-state index contributed by atoms with van der Waals surface area (Å²) in [6.07, 6.45) is 1.55. The highest BCUT2D eigenvalue weighted by Crippen LogP contribution is 2.32. The third kappa shape index (κ3) is 5.00. The number of hydrazone groups is 1. The summed E-state index contributed by atoms with van der Waals surface area (Å²) >= 11 is 6.41. The largest absolute Gasteiger partial charge is 0.493 e. The lowest BCUT2D eigenvalue weighted by molar-refractivity contribution is -0.118. The molecule has 2 aromatic carbocycles. The van der Waals surface area contributed by atoms with E-state index in [-0.39, 0.29) is 11.7 Å². The summed E-state index contributed by atoms with van der Waals surface area (Å²) in [5.74, 6) is 1.23. The Kier molecular flexibility index (Phi) is 6.70. The first-order valence-corrected chi connectivity index (χ1v) is 10.4. The smallest absolute Gasteiger partial charge is 0.250 e. The Hall–Kier alpha value is -2.10. The number of fused-ring (bicyclic) bond motifs is 1. The molecule has 0 aliphatic rings. The summed E-state index contributed by atoms with van der Waals surface area (Å²) < 4.78 is 13.2. The molecule has 3 rings (SSSR count). The number of rotatable bonds is 7. The van der Waals surface area contributed by atoms with Crippen LogP contribution in [0.4, 0.5) is 0 Å². The molecule has 0 unspecified atom stereocenters. The lowest BCUT2D eigenvalue weighted by Gasteiger charge is -2.09. The van der Waals surface area contributed by atoms with Gasteiger partial charge in [-0.3, -0.25) is 4.79 Å². The Balaban J connectivity index is 1.57. The molecule has 3 aromatic rings. The fraction of sp³-hybridized carbons (Fsp3) is 0.167. The number of amides is 1. The number of thiazole rings is 1. The first kappa shape index (κ1) is 19.7. The number of aromatic nitrogens is 1. The molecule has 0 saturated carbocycles. The molecule has 0 radical (unpaired) electrons. The normalized spacial score (nSPS) is 11.1. The molecule has 0 atom stereocenters. The van der Waals surface area contributed by atoms with E-state index < -0.39 is 0 Å². The molecule has 140 valence electrons. The highest BCUT2D eigenvalue weighted by molar-refractivity contribution is 9.10. The first-order valence-electron chi connectivity index (χ1n) is 7.82. The van der Waals surface area contributed by atoms with Crippen LogP contribution in [0.2, 0.25) is 0 Å². The number of nitrogens with zero attached hydrogens (tertiary/aromatic N) is 2. The SMILES string of the molecule is COc1cc(Br)c(/C=N\NC(=O)CSc2nc3ccccc3s2)cc1OC. The van der Waals surface area contributed by atoms with Crippen LogP contribution in [0.3, 0.4) is 0 Å². The molecular formula is C18H16BrN3O3S2. The molecule has 0 aliphatic carbocycles. The van der Waals surface area contributed by atoms with Crippen molar-refractivity contribution >= 4 is 61.4 Å². The molecule has 0 saturated heterocycles. The van der Waals surface area contributed by atoms with Gasteiger partial charge in [-0.15, -0.1) is 11.3 Å². The van der Waals surface area contributed by atoms with Gasteiger partial charge in [0.1, 0.15) is 0 Å². The van der Waals surface area contributed by atoms with E-state index in [9.17, 15) is 4.79 Å². The fourth-order valence-corrected chi connectivity index (χ4v) is 4.50. The summed E-state index contributed by atoms with van der Waals surface area (Å²) in [6, 6.07) is 11.5. The van der Waals surface area contributed by atoms with E-state index >= 15 is 0 Å². The van der Waals surface area contributed by atoms with Crippen molar-refractivity contribution in [3.63, 3.8) is 0 Å². The second-order valence-electron chi connectivity index (χ2n) is 5.26. The van der Waals surface area contributed by atoms with E-state index in [0.717, 1.165) is 24.6 Å². The predicted octanol–water partition coefficient (Wildman–Crippen LogP) is 4.32. The van der Waals surface area contributed by atoms with Crippen LogP contribution in [0.1, 0.15) is 5.56 Å². The Labute approximate surface area is 173 Å². The summed E-state index contributed by atoms with van der Waals surface area (Å²) in [6.45, 7) is 0. The van der Waals surface area contributed by atoms with Gasteiger partial charge >= 0.3 is 0 Å². The van der Waals surface area contributed by atoms with Gasteiger partial charge in [-0.25, -0.2) is 10.4 Å². The Morgan fingerprint density at radius 3 is 2.78 bits per heavy atom. The van der Waals surface area contributed by atoms with Crippen LogP contribution in [0, 0.1) is 0 Å². The van der Waals surface area contributed by atoms with Crippen LogP contribution in [0.5, 0.6) is 11.5 Å². The molecule has 0 aliphatic heterocycles. The molecule has 1 amide bonds. The van der Waals surface area contributed by atoms with Gasteiger partial charge in [-0.1, -0.05) is 23.9 Å². The maximum absolute atomic E-state index is 12.0. The minimum atomic E-state index is -0.202. The van der Waals surface area contributed by atoms with Crippen molar-refractivity contribution in [3.8, 4) is 11.5 Å². The molecule has 1 aromatic heterocycles. The van der Waals surface area contributed by atoms with Crippen molar-refractivity contribution in [1.82, 2.24) is 10.4 Å². The molecular weight excluding hydrogens is 450 g/mol. The first-order chi connectivity index (χ1) is 13.1. The van der Waals surface area contributed by atoms with E-state index in [4.69, 9.17) is 9.47 Å².